The number of aryl methyl sites for hydroxylation is 1. The number of benzene rings is 2. The highest BCUT2D eigenvalue weighted by molar-refractivity contribution is 9.10. The molecule has 1 N–H and O–H groups in total. The number of halogens is 1. The van der Waals surface area contributed by atoms with Crippen molar-refractivity contribution in [3.63, 3.8) is 0 Å². The lowest BCUT2D eigenvalue weighted by Crippen LogP contribution is -2.52. The summed E-state index contributed by atoms with van der Waals surface area (Å²) < 4.78 is 0.947. The fourth-order valence-corrected chi connectivity index (χ4v) is 3.41. The van der Waals surface area contributed by atoms with Crippen molar-refractivity contribution in [2.24, 2.45) is 0 Å². The van der Waals surface area contributed by atoms with Crippen LogP contribution in [0.5, 0.6) is 0 Å². The lowest BCUT2D eigenvalue weighted by atomic mass is 10.0. The molecule has 0 saturated heterocycles. The van der Waals surface area contributed by atoms with E-state index in [2.05, 4.69) is 21.2 Å². The second-order valence-electron chi connectivity index (χ2n) is 8.17. The summed E-state index contributed by atoms with van der Waals surface area (Å²) in [6, 6.07) is 15.1. The van der Waals surface area contributed by atoms with Gasteiger partial charge in [0, 0.05) is 16.6 Å². The molecule has 1 atom stereocenters. The molecular weight excluding hydrogens is 416 g/mol. The van der Waals surface area contributed by atoms with Crippen LogP contribution in [0.4, 0.5) is 0 Å². The predicted molar refractivity (Wildman–Crippen MR) is 117 cm³/mol. The van der Waals surface area contributed by atoms with Crippen molar-refractivity contribution in [3.05, 3.63) is 69.7 Å². The van der Waals surface area contributed by atoms with E-state index in [4.69, 9.17) is 0 Å². The van der Waals surface area contributed by atoms with Crippen LogP contribution in [-0.4, -0.2) is 28.3 Å². The Bertz CT molecular complexity index is 842. The van der Waals surface area contributed by atoms with Gasteiger partial charge in [-0.2, -0.15) is 0 Å². The number of hydrogen-bond acceptors (Lipinski definition) is 2. The molecule has 0 fully saturated rings. The summed E-state index contributed by atoms with van der Waals surface area (Å²) in [6.07, 6.45) is 0.272. The van der Waals surface area contributed by atoms with E-state index in [1.54, 1.807) is 11.8 Å². The van der Waals surface area contributed by atoms with Gasteiger partial charge in [0.05, 0.1) is 6.42 Å². The van der Waals surface area contributed by atoms with E-state index in [0.29, 0.717) is 6.54 Å². The molecule has 0 heterocycles. The molecule has 4 nitrogen and oxygen atoms in total. The van der Waals surface area contributed by atoms with Gasteiger partial charge in [0.1, 0.15) is 6.04 Å². The van der Waals surface area contributed by atoms with Gasteiger partial charge in [0.2, 0.25) is 11.8 Å². The summed E-state index contributed by atoms with van der Waals surface area (Å²) in [4.78, 5) is 27.6. The number of carbonyl (C=O) groups is 2. The summed E-state index contributed by atoms with van der Waals surface area (Å²) in [5, 5.41) is 2.98. The SMILES string of the molecule is Cc1ccccc1CC(=O)N(Cc1cccc(Br)c1)C(C)C(=O)NC(C)(C)C. The van der Waals surface area contributed by atoms with Gasteiger partial charge in [-0.1, -0.05) is 52.3 Å². The van der Waals surface area contributed by atoms with Crippen molar-refractivity contribution in [3.8, 4) is 0 Å². The second kappa shape index (κ2) is 9.37. The normalized spacial score (nSPS) is 12.4. The Balaban J connectivity index is 2.27. The lowest BCUT2D eigenvalue weighted by molar-refractivity contribution is -0.140. The minimum atomic E-state index is -0.574. The van der Waals surface area contributed by atoms with Crippen LogP contribution in [0.25, 0.3) is 0 Å². The highest BCUT2D eigenvalue weighted by atomic mass is 79.9. The Kier molecular flexibility index (Phi) is 7.41. The van der Waals surface area contributed by atoms with E-state index in [1.165, 1.54) is 0 Å². The van der Waals surface area contributed by atoms with Crippen LogP contribution in [0.3, 0.4) is 0 Å². The summed E-state index contributed by atoms with van der Waals surface area (Å²) in [6.45, 7) is 9.97. The van der Waals surface area contributed by atoms with Crippen molar-refractivity contribution in [1.82, 2.24) is 10.2 Å². The molecule has 150 valence electrons. The molecule has 1 unspecified atom stereocenters. The predicted octanol–water partition coefficient (Wildman–Crippen LogP) is 4.63. The molecule has 0 aliphatic heterocycles. The molecule has 0 saturated carbocycles. The number of rotatable bonds is 6. The van der Waals surface area contributed by atoms with Gasteiger partial charge >= 0.3 is 0 Å². The fourth-order valence-electron chi connectivity index (χ4n) is 2.96. The van der Waals surface area contributed by atoms with Crippen molar-refractivity contribution in [1.29, 1.82) is 0 Å². The average molecular weight is 445 g/mol. The molecule has 2 amide bonds. The van der Waals surface area contributed by atoms with Gasteiger partial charge in [-0.05, 0) is 63.4 Å². The monoisotopic (exact) mass is 444 g/mol. The maximum Gasteiger partial charge on any atom is 0.242 e. The Morgan fingerprint density at radius 2 is 1.79 bits per heavy atom. The van der Waals surface area contributed by atoms with Crippen LogP contribution in [0.1, 0.15) is 44.4 Å². The number of nitrogens with zero attached hydrogens (tertiary/aromatic N) is 1. The summed E-state index contributed by atoms with van der Waals surface area (Å²) >= 11 is 3.48. The molecular formula is C23H29BrN2O2. The maximum atomic E-state index is 13.2. The van der Waals surface area contributed by atoms with E-state index in [9.17, 15) is 9.59 Å². The molecule has 0 aromatic heterocycles. The van der Waals surface area contributed by atoms with Crippen LogP contribution in [0.2, 0.25) is 0 Å². The molecule has 2 aromatic carbocycles. The van der Waals surface area contributed by atoms with Gasteiger partial charge < -0.3 is 10.2 Å². The highest BCUT2D eigenvalue weighted by Gasteiger charge is 2.28. The van der Waals surface area contributed by atoms with E-state index in [0.717, 1.165) is 21.2 Å². The van der Waals surface area contributed by atoms with Crippen molar-refractivity contribution in [2.75, 3.05) is 0 Å². The number of hydrogen-bond donors (Lipinski definition) is 1. The zero-order valence-corrected chi connectivity index (χ0v) is 18.8. The largest absolute Gasteiger partial charge is 0.350 e. The first kappa shape index (κ1) is 22.2. The summed E-state index contributed by atoms with van der Waals surface area (Å²) in [5.41, 5.74) is 2.68. The Hall–Kier alpha value is -2.14. The highest BCUT2D eigenvalue weighted by Crippen LogP contribution is 2.18. The standard InChI is InChI=1S/C23H29BrN2O2/c1-16-9-6-7-11-19(16)14-21(27)26(15-18-10-8-12-20(24)13-18)17(2)22(28)25-23(3,4)5/h6-13,17H,14-15H2,1-5H3,(H,25,28). The molecule has 5 heteroatoms. The van der Waals surface area contributed by atoms with Crippen LogP contribution < -0.4 is 5.32 Å². The van der Waals surface area contributed by atoms with Crippen molar-refractivity contribution >= 4 is 27.7 Å². The molecule has 2 aromatic rings. The van der Waals surface area contributed by atoms with E-state index in [-0.39, 0.29) is 23.8 Å². The third-order valence-electron chi connectivity index (χ3n) is 4.51. The molecule has 2 rings (SSSR count). The molecule has 0 bridgehead atoms. The Morgan fingerprint density at radius 1 is 1.11 bits per heavy atom. The minimum absolute atomic E-state index is 0.0640. The maximum absolute atomic E-state index is 13.2. The first-order valence-electron chi connectivity index (χ1n) is 9.47. The quantitative estimate of drug-likeness (QED) is 0.705. The zero-order chi connectivity index (χ0) is 20.9. The fraction of sp³-hybridized carbons (Fsp3) is 0.391. The van der Waals surface area contributed by atoms with Crippen molar-refractivity contribution in [2.45, 2.75) is 59.2 Å². The lowest BCUT2D eigenvalue weighted by Gasteiger charge is -2.31. The van der Waals surface area contributed by atoms with E-state index in [1.807, 2.05) is 76.2 Å². The van der Waals surface area contributed by atoms with E-state index >= 15 is 0 Å². The van der Waals surface area contributed by atoms with Crippen LogP contribution in [0, 0.1) is 6.92 Å². The molecule has 0 aliphatic rings. The van der Waals surface area contributed by atoms with Gasteiger partial charge in [-0.25, -0.2) is 0 Å². The number of nitrogens with one attached hydrogen (secondary N) is 1. The van der Waals surface area contributed by atoms with Gasteiger partial charge in [0.15, 0.2) is 0 Å². The van der Waals surface area contributed by atoms with Gasteiger partial charge in [-0.15, -0.1) is 0 Å². The first-order chi connectivity index (χ1) is 13.1. The third kappa shape index (κ3) is 6.48. The molecule has 0 aliphatic carbocycles. The third-order valence-corrected chi connectivity index (χ3v) is 5.00. The Morgan fingerprint density at radius 3 is 2.39 bits per heavy atom. The summed E-state index contributed by atoms with van der Waals surface area (Å²) in [7, 11) is 0. The van der Waals surface area contributed by atoms with Crippen LogP contribution in [-0.2, 0) is 22.6 Å². The average Bonchev–Trinajstić information content (AvgIpc) is 2.59. The topological polar surface area (TPSA) is 49.4 Å². The van der Waals surface area contributed by atoms with Crippen molar-refractivity contribution < 1.29 is 9.59 Å². The zero-order valence-electron chi connectivity index (χ0n) is 17.3. The number of amides is 2. The second-order valence-corrected chi connectivity index (χ2v) is 9.09. The van der Waals surface area contributed by atoms with Crippen LogP contribution >= 0.6 is 15.9 Å². The molecule has 0 radical (unpaired) electrons. The smallest absolute Gasteiger partial charge is 0.242 e. The number of carbonyl (C=O) groups excluding carboxylic acids is 2. The van der Waals surface area contributed by atoms with Gasteiger partial charge in [0.25, 0.3) is 0 Å². The Labute approximate surface area is 176 Å². The minimum Gasteiger partial charge on any atom is -0.350 e. The van der Waals surface area contributed by atoms with E-state index < -0.39 is 6.04 Å². The molecule has 0 spiro atoms. The van der Waals surface area contributed by atoms with Gasteiger partial charge in [-0.3, -0.25) is 9.59 Å². The van der Waals surface area contributed by atoms with Crippen LogP contribution in [0.15, 0.2) is 53.0 Å². The first-order valence-corrected chi connectivity index (χ1v) is 10.3. The molecule has 28 heavy (non-hydrogen) atoms. The summed E-state index contributed by atoms with van der Waals surface area (Å²) in [5.74, 6) is -0.216.